The lowest BCUT2D eigenvalue weighted by molar-refractivity contribution is 0.0926. The summed E-state index contributed by atoms with van der Waals surface area (Å²) in [6.45, 7) is 0.555. The average molecular weight is 360 g/mol. The number of phenolic OH excluding ortho intramolecular Hbond substituents is 1. The van der Waals surface area contributed by atoms with Gasteiger partial charge < -0.3 is 15.7 Å². The van der Waals surface area contributed by atoms with E-state index in [1.54, 1.807) is 24.3 Å². The summed E-state index contributed by atoms with van der Waals surface area (Å²) < 4.78 is 0. The summed E-state index contributed by atoms with van der Waals surface area (Å²) in [5.74, 6) is -0.654. The van der Waals surface area contributed by atoms with Crippen molar-refractivity contribution in [3.8, 4) is 16.9 Å². The van der Waals surface area contributed by atoms with Gasteiger partial charge in [-0.1, -0.05) is 54.6 Å². The molecule has 5 nitrogen and oxygen atoms in total. The van der Waals surface area contributed by atoms with Crippen molar-refractivity contribution in [2.75, 3.05) is 13.1 Å². The molecule has 2 amide bonds. The minimum Gasteiger partial charge on any atom is -0.507 e. The van der Waals surface area contributed by atoms with Gasteiger partial charge in [0.2, 0.25) is 0 Å². The molecular formula is C22H20N2O3. The van der Waals surface area contributed by atoms with E-state index >= 15 is 0 Å². The quantitative estimate of drug-likeness (QED) is 0.591. The number of carbonyl (C=O) groups excluding carboxylic acids is 2. The predicted octanol–water partition coefficient (Wildman–Crippen LogP) is 3.22. The Morgan fingerprint density at radius 2 is 1.22 bits per heavy atom. The van der Waals surface area contributed by atoms with Gasteiger partial charge in [-0.25, -0.2) is 0 Å². The molecule has 0 fully saturated rings. The van der Waals surface area contributed by atoms with Crippen molar-refractivity contribution in [1.82, 2.24) is 10.6 Å². The number of amides is 2. The molecule has 3 N–H and O–H groups in total. The zero-order valence-electron chi connectivity index (χ0n) is 14.7. The second kappa shape index (κ2) is 8.67. The molecule has 3 aromatic carbocycles. The molecule has 5 heteroatoms. The Labute approximate surface area is 157 Å². The van der Waals surface area contributed by atoms with Gasteiger partial charge in [0.1, 0.15) is 5.75 Å². The van der Waals surface area contributed by atoms with E-state index in [1.165, 1.54) is 12.1 Å². The lowest BCUT2D eigenvalue weighted by atomic mass is 10.0. The molecule has 0 aliphatic rings. The van der Waals surface area contributed by atoms with Gasteiger partial charge in [-0.3, -0.25) is 9.59 Å². The van der Waals surface area contributed by atoms with E-state index in [2.05, 4.69) is 10.6 Å². The van der Waals surface area contributed by atoms with E-state index in [0.29, 0.717) is 12.1 Å². The van der Waals surface area contributed by atoms with Gasteiger partial charge in [-0.2, -0.15) is 0 Å². The first-order chi connectivity index (χ1) is 13.1. The Bertz CT molecular complexity index is 922. The Kier molecular flexibility index (Phi) is 5.84. The van der Waals surface area contributed by atoms with Crippen molar-refractivity contribution in [3.63, 3.8) is 0 Å². The third-order valence-electron chi connectivity index (χ3n) is 4.10. The first-order valence-corrected chi connectivity index (χ1v) is 8.65. The fraction of sp³-hybridized carbons (Fsp3) is 0.0909. The molecule has 27 heavy (non-hydrogen) atoms. The minimum absolute atomic E-state index is 0.0717. The van der Waals surface area contributed by atoms with Crippen LogP contribution >= 0.6 is 0 Å². The van der Waals surface area contributed by atoms with Gasteiger partial charge in [-0.15, -0.1) is 0 Å². The van der Waals surface area contributed by atoms with E-state index < -0.39 is 0 Å². The van der Waals surface area contributed by atoms with Gasteiger partial charge in [0.15, 0.2) is 0 Å². The van der Waals surface area contributed by atoms with Crippen LogP contribution in [0.15, 0.2) is 78.9 Å². The highest BCUT2D eigenvalue weighted by atomic mass is 16.3. The van der Waals surface area contributed by atoms with Gasteiger partial charge in [0, 0.05) is 18.7 Å². The standard InChI is InChI=1S/C22H20N2O3/c25-20-9-5-4-8-19(20)22(27)24-15-14-23-21(26)18-12-10-17(11-13-18)16-6-2-1-3-7-16/h1-13,25H,14-15H2,(H,23,26)(H,24,27). The fourth-order valence-electron chi connectivity index (χ4n) is 2.66. The van der Waals surface area contributed by atoms with E-state index in [4.69, 9.17) is 0 Å². The van der Waals surface area contributed by atoms with E-state index in [-0.39, 0.29) is 29.7 Å². The summed E-state index contributed by atoms with van der Waals surface area (Å²) in [4.78, 5) is 24.2. The molecule has 0 aliphatic heterocycles. The van der Waals surface area contributed by atoms with E-state index in [9.17, 15) is 14.7 Å². The predicted molar refractivity (Wildman–Crippen MR) is 105 cm³/mol. The van der Waals surface area contributed by atoms with Crippen molar-refractivity contribution < 1.29 is 14.7 Å². The van der Waals surface area contributed by atoms with Crippen molar-refractivity contribution in [2.45, 2.75) is 0 Å². The highest BCUT2D eigenvalue weighted by molar-refractivity contribution is 5.97. The van der Waals surface area contributed by atoms with E-state index in [0.717, 1.165) is 11.1 Å². The number of rotatable bonds is 6. The maximum absolute atomic E-state index is 12.2. The third kappa shape index (κ3) is 4.73. The van der Waals surface area contributed by atoms with Crippen LogP contribution in [0.25, 0.3) is 11.1 Å². The molecule has 0 radical (unpaired) electrons. The zero-order valence-corrected chi connectivity index (χ0v) is 14.7. The van der Waals surface area contributed by atoms with Crippen molar-refractivity contribution in [3.05, 3.63) is 90.0 Å². The molecule has 0 aliphatic carbocycles. The molecule has 0 bridgehead atoms. The number of carbonyl (C=O) groups is 2. The second-order valence-corrected chi connectivity index (χ2v) is 5.97. The number of phenols is 1. The van der Waals surface area contributed by atoms with Gasteiger partial charge in [0.25, 0.3) is 11.8 Å². The number of hydrogen-bond donors (Lipinski definition) is 3. The fourth-order valence-corrected chi connectivity index (χ4v) is 2.66. The average Bonchev–Trinajstić information content (AvgIpc) is 2.72. The van der Waals surface area contributed by atoms with Crippen LogP contribution in [0.3, 0.4) is 0 Å². The van der Waals surface area contributed by atoms with Crippen LogP contribution in [0.1, 0.15) is 20.7 Å². The van der Waals surface area contributed by atoms with Gasteiger partial charge >= 0.3 is 0 Å². The number of aromatic hydroxyl groups is 1. The number of para-hydroxylation sites is 1. The summed E-state index contributed by atoms with van der Waals surface area (Å²) in [6.07, 6.45) is 0. The van der Waals surface area contributed by atoms with Crippen molar-refractivity contribution >= 4 is 11.8 Å². The Morgan fingerprint density at radius 1 is 0.667 bits per heavy atom. The Hall–Kier alpha value is -3.60. The number of hydrogen-bond acceptors (Lipinski definition) is 3. The monoisotopic (exact) mass is 360 g/mol. The topological polar surface area (TPSA) is 78.4 Å². The lowest BCUT2D eigenvalue weighted by Gasteiger charge is -2.09. The summed E-state index contributed by atoms with van der Waals surface area (Å²) in [5, 5.41) is 15.1. The Morgan fingerprint density at radius 3 is 1.89 bits per heavy atom. The molecule has 3 rings (SSSR count). The van der Waals surface area contributed by atoms with Crippen LogP contribution in [-0.4, -0.2) is 30.0 Å². The summed E-state index contributed by atoms with van der Waals surface area (Å²) in [6, 6.07) is 23.6. The summed E-state index contributed by atoms with van der Waals surface area (Å²) in [7, 11) is 0. The van der Waals surface area contributed by atoms with Crippen LogP contribution in [0, 0.1) is 0 Å². The lowest BCUT2D eigenvalue weighted by Crippen LogP contribution is -2.34. The molecule has 136 valence electrons. The van der Waals surface area contributed by atoms with E-state index in [1.807, 2.05) is 42.5 Å². The van der Waals surface area contributed by atoms with Crippen molar-refractivity contribution in [2.24, 2.45) is 0 Å². The highest BCUT2D eigenvalue weighted by Gasteiger charge is 2.10. The maximum atomic E-state index is 12.2. The first-order valence-electron chi connectivity index (χ1n) is 8.65. The summed E-state index contributed by atoms with van der Waals surface area (Å²) >= 11 is 0. The summed E-state index contributed by atoms with van der Waals surface area (Å²) in [5.41, 5.74) is 2.90. The molecule has 0 saturated heterocycles. The molecule has 0 saturated carbocycles. The van der Waals surface area contributed by atoms with Gasteiger partial charge in [-0.05, 0) is 35.4 Å². The molecule has 0 spiro atoms. The van der Waals surface area contributed by atoms with Crippen LogP contribution in [0.5, 0.6) is 5.75 Å². The molecular weight excluding hydrogens is 340 g/mol. The van der Waals surface area contributed by atoms with Crippen LogP contribution in [-0.2, 0) is 0 Å². The minimum atomic E-state index is -0.380. The smallest absolute Gasteiger partial charge is 0.255 e. The first kappa shape index (κ1) is 18.2. The van der Waals surface area contributed by atoms with Crippen LogP contribution in [0.2, 0.25) is 0 Å². The Balaban J connectivity index is 1.48. The maximum Gasteiger partial charge on any atom is 0.255 e. The molecule has 0 atom stereocenters. The molecule has 0 heterocycles. The number of nitrogens with one attached hydrogen (secondary N) is 2. The van der Waals surface area contributed by atoms with Gasteiger partial charge in [0.05, 0.1) is 5.56 Å². The SMILES string of the molecule is O=C(NCCNC(=O)c1ccccc1O)c1ccc(-c2ccccc2)cc1. The largest absolute Gasteiger partial charge is 0.507 e. The van der Waals surface area contributed by atoms with Crippen LogP contribution < -0.4 is 10.6 Å². The molecule has 0 aromatic heterocycles. The normalized spacial score (nSPS) is 10.2. The second-order valence-electron chi connectivity index (χ2n) is 5.97. The highest BCUT2D eigenvalue weighted by Crippen LogP contribution is 2.19. The third-order valence-corrected chi connectivity index (χ3v) is 4.10. The van der Waals surface area contributed by atoms with Crippen LogP contribution in [0.4, 0.5) is 0 Å². The number of benzene rings is 3. The zero-order chi connectivity index (χ0) is 19.1. The molecule has 0 unspecified atom stereocenters. The van der Waals surface area contributed by atoms with Crippen molar-refractivity contribution in [1.29, 1.82) is 0 Å². The molecule has 3 aromatic rings.